The molecule has 1 amide bonds. The summed E-state index contributed by atoms with van der Waals surface area (Å²) in [6.07, 6.45) is 6.47. The lowest BCUT2D eigenvalue weighted by Crippen LogP contribution is -2.18. The molecule has 24 heavy (non-hydrogen) atoms. The van der Waals surface area contributed by atoms with Crippen LogP contribution in [0.15, 0.2) is 46.6 Å². The van der Waals surface area contributed by atoms with Crippen molar-refractivity contribution in [3.8, 4) is 0 Å². The summed E-state index contributed by atoms with van der Waals surface area (Å²) >= 11 is 0. The summed E-state index contributed by atoms with van der Waals surface area (Å²) in [5, 5.41) is 19.8. The van der Waals surface area contributed by atoms with Crippen molar-refractivity contribution in [3.05, 3.63) is 42.0 Å². The highest BCUT2D eigenvalue weighted by atomic mass is 16.5. The first-order valence-corrected chi connectivity index (χ1v) is 7.92. The average molecular weight is 328 g/mol. The van der Waals surface area contributed by atoms with E-state index in [1.807, 2.05) is 17.3 Å². The molecule has 0 unspecified atom stereocenters. The second-order valence-electron chi connectivity index (χ2n) is 5.67. The van der Waals surface area contributed by atoms with Crippen LogP contribution in [0.4, 0.5) is 0 Å². The number of carbonyl (C=O) groups is 1. The zero-order valence-corrected chi connectivity index (χ0v) is 13.5. The second-order valence-corrected chi connectivity index (χ2v) is 5.67. The number of aromatic nitrogens is 2. The molecule has 0 atom stereocenters. The number of hydroxylamine groups is 1. The van der Waals surface area contributed by atoms with Gasteiger partial charge in [0.15, 0.2) is 0 Å². The smallest absolute Gasteiger partial charge is 0.247 e. The first-order chi connectivity index (χ1) is 11.7. The molecule has 0 bridgehead atoms. The zero-order valence-electron chi connectivity index (χ0n) is 13.5. The molecule has 0 aromatic carbocycles. The van der Waals surface area contributed by atoms with Gasteiger partial charge >= 0.3 is 0 Å². The van der Waals surface area contributed by atoms with E-state index in [1.165, 1.54) is 5.39 Å². The molecule has 8 nitrogen and oxygen atoms in total. The molecule has 2 aromatic rings. The third-order valence-corrected chi connectivity index (χ3v) is 3.88. The fourth-order valence-corrected chi connectivity index (χ4v) is 2.78. The number of amides is 1. The van der Waals surface area contributed by atoms with E-state index >= 15 is 0 Å². The predicted octanol–water partition coefficient (Wildman–Crippen LogP) is 2.41. The predicted molar refractivity (Wildman–Crippen MR) is 87.9 cm³/mol. The van der Waals surface area contributed by atoms with Crippen molar-refractivity contribution >= 4 is 16.8 Å². The van der Waals surface area contributed by atoms with E-state index in [0.29, 0.717) is 13.1 Å². The van der Waals surface area contributed by atoms with Crippen LogP contribution in [0.5, 0.6) is 0 Å². The molecule has 3 heterocycles. The first-order valence-electron chi connectivity index (χ1n) is 7.92. The zero-order chi connectivity index (χ0) is 16.9. The van der Waals surface area contributed by atoms with Gasteiger partial charge in [-0.05, 0) is 24.6 Å². The first kappa shape index (κ1) is 16.1. The van der Waals surface area contributed by atoms with Gasteiger partial charge in [-0.2, -0.15) is 0 Å². The van der Waals surface area contributed by atoms with Gasteiger partial charge in [-0.15, -0.1) is 5.11 Å². The molecule has 2 aromatic heterocycles. The van der Waals surface area contributed by atoms with Crippen molar-refractivity contribution in [2.24, 2.45) is 10.3 Å². The Morgan fingerprint density at radius 1 is 1.50 bits per heavy atom. The third-order valence-electron chi connectivity index (χ3n) is 3.88. The average Bonchev–Trinajstić information content (AvgIpc) is 3.18. The Hall–Kier alpha value is -2.74. The summed E-state index contributed by atoms with van der Waals surface area (Å²) in [5.74, 6) is -0.466. The molecule has 3 rings (SSSR count). The summed E-state index contributed by atoms with van der Waals surface area (Å²) in [6.45, 7) is 4.26. The monoisotopic (exact) mass is 328 g/mol. The quantitative estimate of drug-likeness (QED) is 0.629. The van der Waals surface area contributed by atoms with Gasteiger partial charge in [-0.25, -0.2) is 5.48 Å². The molecule has 0 saturated heterocycles. The van der Waals surface area contributed by atoms with E-state index in [2.05, 4.69) is 32.9 Å². The number of nitrogens with one attached hydrogen (secondary N) is 1. The summed E-state index contributed by atoms with van der Waals surface area (Å²) in [5.41, 5.74) is 4.60. The van der Waals surface area contributed by atoms with Gasteiger partial charge in [-0.1, -0.05) is 12.1 Å². The van der Waals surface area contributed by atoms with E-state index < -0.39 is 5.91 Å². The molecule has 1 aliphatic rings. The molecule has 8 heteroatoms. The summed E-state index contributed by atoms with van der Waals surface area (Å²) in [4.78, 5) is 15.3. The Bertz CT molecular complexity index is 795. The normalized spacial score (nSPS) is 15.6. The van der Waals surface area contributed by atoms with Crippen molar-refractivity contribution < 1.29 is 10.0 Å². The highest BCUT2D eigenvalue weighted by Crippen LogP contribution is 2.23. The Kier molecular flexibility index (Phi) is 4.85. The fraction of sp³-hybridized carbons (Fsp3) is 0.375. The number of hydrogen-bond donors (Lipinski definition) is 2. The van der Waals surface area contributed by atoms with E-state index in [-0.39, 0.29) is 6.42 Å². The van der Waals surface area contributed by atoms with E-state index in [9.17, 15) is 4.79 Å². The number of aryl methyl sites for hydroxylation is 1. The molecule has 0 aliphatic carbocycles. The van der Waals surface area contributed by atoms with E-state index in [4.69, 9.17) is 5.21 Å². The maximum absolute atomic E-state index is 11.1. The van der Waals surface area contributed by atoms with Gasteiger partial charge in [-0.3, -0.25) is 20.0 Å². The van der Waals surface area contributed by atoms with Gasteiger partial charge in [0, 0.05) is 30.2 Å². The van der Waals surface area contributed by atoms with Crippen LogP contribution in [0.3, 0.4) is 0 Å². The van der Waals surface area contributed by atoms with Gasteiger partial charge in [0.2, 0.25) is 5.91 Å². The molecule has 0 spiro atoms. The van der Waals surface area contributed by atoms with Crippen LogP contribution in [0.2, 0.25) is 0 Å². The Morgan fingerprint density at radius 3 is 3.17 bits per heavy atom. The number of carbonyl (C=O) groups excluding carboxylic acids is 1. The van der Waals surface area contributed by atoms with Crippen molar-refractivity contribution in [1.29, 1.82) is 0 Å². The number of pyridine rings is 1. The third kappa shape index (κ3) is 3.43. The van der Waals surface area contributed by atoms with Gasteiger partial charge in [0.1, 0.15) is 0 Å². The van der Waals surface area contributed by atoms with Crippen molar-refractivity contribution in [1.82, 2.24) is 20.0 Å². The van der Waals surface area contributed by atoms with Gasteiger partial charge in [0.05, 0.1) is 30.5 Å². The minimum atomic E-state index is -0.466. The van der Waals surface area contributed by atoms with E-state index in [0.717, 1.165) is 29.9 Å². The molecule has 0 fully saturated rings. The number of nitrogens with zero attached hydrogens (tertiary/aromatic N) is 5. The Balaban J connectivity index is 1.73. The molecule has 1 aliphatic heterocycles. The fourth-order valence-electron chi connectivity index (χ4n) is 2.78. The molecule has 0 radical (unpaired) electrons. The van der Waals surface area contributed by atoms with Crippen LogP contribution < -0.4 is 5.48 Å². The van der Waals surface area contributed by atoms with Crippen molar-refractivity contribution in [3.63, 3.8) is 0 Å². The van der Waals surface area contributed by atoms with Crippen LogP contribution >= 0.6 is 0 Å². The number of hydrogen-bond acceptors (Lipinski definition) is 6. The minimum absolute atomic E-state index is 0.0838. The maximum Gasteiger partial charge on any atom is 0.247 e. The van der Waals surface area contributed by atoms with Gasteiger partial charge in [0.25, 0.3) is 0 Å². The van der Waals surface area contributed by atoms with Crippen LogP contribution in [0, 0.1) is 0 Å². The Morgan fingerprint density at radius 2 is 2.38 bits per heavy atom. The maximum atomic E-state index is 11.1. The SMILES string of the molecule is CCCn1c(CN2C/C(=C/CC(=O)NO)N=N2)cc2ccncc21. The molecule has 0 saturated carbocycles. The highest BCUT2D eigenvalue weighted by molar-refractivity contribution is 5.80. The summed E-state index contributed by atoms with van der Waals surface area (Å²) in [6, 6.07) is 4.17. The Labute approximate surface area is 139 Å². The van der Waals surface area contributed by atoms with Crippen LogP contribution in [0.25, 0.3) is 10.9 Å². The second kappa shape index (κ2) is 7.22. The lowest BCUT2D eigenvalue weighted by molar-refractivity contribution is -0.128. The number of fused-ring (bicyclic) bond motifs is 1. The van der Waals surface area contributed by atoms with E-state index in [1.54, 1.807) is 17.8 Å². The topological polar surface area (TPSA) is 95.1 Å². The standard InChI is InChI=1S/C16H20N6O2/c1-2-7-22-14(8-12-5-6-17-9-15(12)22)11-21-10-13(18-20-21)3-4-16(23)19-24/h3,5-6,8-9,24H,2,4,7,10-11H2,1H3,(H,19,23)/b13-3-. The summed E-state index contributed by atoms with van der Waals surface area (Å²) in [7, 11) is 0. The largest absolute Gasteiger partial charge is 0.342 e. The highest BCUT2D eigenvalue weighted by Gasteiger charge is 2.17. The number of rotatable bonds is 6. The summed E-state index contributed by atoms with van der Waals surface area (Å²) < 4.78 is 2.26. The molecular weight excluding hydrogens is 308 g/mol. The van der Waals surface area contributed by atoms with Crippen LogP contribution in [-0.2, 0) is 17.9 Å². The molecule has 126 valence electrons. The minimum Gasteiger partial charge on any atom is -0.342 e. The molecular formula is C16H20N6O2. The lowest BCUT2D eigenvalue weighted by Gasteiger charge is -2.14. The van der Waals surface area contributed by atoms with Crippen molar-refractivity contribution in [2.75, 3.05) is 6.54 Å². The van der Waals surface area contributed by atoms with Crippen molar-refractivity contribution in [2.45, 2.75) is 32.9 Å². The van der Waals surface area contributed by atoms with Gasteiger partial charge < -0.3 is 4.57 Å². The molecule has 2 N–H and O–H groups in total. The van der Waals surface area contributed by atoms with Crippen LogP contribution in [0.1, 0.15) is 25.5 Å². The lowest BCUT2D eigenvalue weighted by atomic mass is 10.3. The van der Waals surface area contributed by atoms with Crippen LogP contribution in [-0.4, -0.2) is 32.2 Å².